The molecule has 0 spiro atoms. The Bertz CT molecular complexity index is 558. The van der Waals surface area contributed by atoms with Gasteiger partial charge in [0.2, 0.25) is 0 Å². The summed E-state index contributed by atoms with van der Waals surface area (Å²) in [5.74, 6) is 0.269. The van der Waals surface area contributed by atoms with Crippen LogP contribution in [0.1, 0.15) is 11.1 Å². The minimum absolute atomic E-state index is 0.269. The first-order valence-electron chi connectivity index (χ1n) is 5.65. The Morgan fingerprint density at radius 3 is 2.72 bits per heavy atom. The third-order valence-electron chi connectivity index (χ3n) is 2.61. The van der Waals surface area contributed by atoms with Gasteiger partial charge < -0.3 is 10.4 Å². The van der Waals surface area contributed by atoms with E-state index in [0.29, 0.717) is 12.1 Å². The number of hydrogen-bond acceptors (Lipinski definition) is 4. The summed E-state index contributed by atoms with van der Waals surface area (Å²) in [6.07, 6.45) is 4.07. The fourth-order valence-corrected chi connectivity index (χ4v) is 1.64. The summed E-state index contributed by atoms with van der Waals surface area (Å²) in [7, 11) is 0. The predicted octanol–water partition coefficient (Wildman–Crippen LogP) is 2.31. The van der Waals surface area contributed by atoms with Crippen molar-refractivity contribution in [3.63, 3.8) is 0 Å². The van der Waals surface area contributed by atoms with Crippen molar-refractivity contribution >= 4 is 5.69 Å². The van der Waals surface area contributed by atoms with Crippen LogP contribution in [0.4, 0.5) is 5.69 Å². The smallest absolute Gasteiger partial charge is 0.115 e. The highest BCUT2D eigenvalue weighted by Crippen LogP contribution is 2.13. The Morgan fingerprint density at radius 1 is 1.22 bits per heavy atom. The van der Waals surface area contributed by atoms with Crippen LogP contribution < -0.4 is 5.32 Å². The van der Waals surface area contributed by atoms with Crippen molar-refractivity contribution < 1.29 is 5.11 Å². The van der Waals surface area contributed by atoms with Crippen molar-refractivity contribution in [3.05, 3.63) is 53.9 Å². The van der Waals surface area contributed by atoms with Crippen molar-refractivity contribution in [2.75, 3.05) is 11.9 Å². The third-order valence-corrected chi connectivity index (χ3v) is 2.61. The number of aromatic hydroxyl groups is 1. The molecular formula is C14H13N3O. The molecule has 90 valence electrons. The number of nitriles is 1. The lowest BCUT2D eigenvalue weighted by Crippen LogP contribution is -2.06. The van der Waals surface area contributed by atoms with Crippen molar-refractivity contribution in [2.45, 2.75) is 6.42 Å². The van der Waals surface area contributed by atoms with Crippen LogP contribution in [0.3, 0.4) is 0 Å². The summed E-state index contributed by atoms with van der Waals surface area (Å²) in [6, 6.07) is 10.9. The van der Waals surface area contributed by atoms with Gasteiger partial charge in [0.1, 0.15) is 11.8 Å². The van der Waals surface area contributed by atoms with E-state index in [0.717, 1.165) is 17.7 Å². The topological polar surface area (TPSA) is 68.9 Å². The molecule has 0 aliphatic heterocycles. The van der Waals surface area contributed by atoms with E-state index < -0.39 is 0 Å². The number of nitrogens with one attached hydrogen (secondary N) is 1. The van der Waals surface area contributed by atoms with E-state index in [9.17, 15) is 0 Å². The molecule has 1 aromatic heterocycles. The Morgan fingerprint density at radius 2 is 2.00 bits per heavy atom. The Balaban J connectivity index is 1.93. The Hall–Kier alpha value is -2.54. The Kier molecular flexibility index (Phi) is 3.77. The molecule has 2 N–H and O–H groups in total. The van der Waals surface area contributed by atoms with E-state index in [1.54, 1.807) is 30.6 Å². The molecule has 0 bridgehead atoms. The molecule has 0 atom stereocenters. The second-order valence-electron chi connectivity index (χ2n) is 3.88. The van der Waals surface area contributed by atoms with Gasteiger partial charge in [0.25, 0.3) is 0 Å². The molecule has 0 unspecified atom stereocenters. The molecule has 0 amide bonds. The number of phenols is 1. The van der Waals surface area contributed by atoms with Gasteiger partial charge in [-0.25, -0.2) is 0 Å². The first-order chi connectivity index (χ1) is 8.79. The summed E-state index contributed by atoms with van der Waals surface area (Å²) < 4.78 is 0. The number of pyridine rings is 1. The number of phenolic OH excluding ortho intramolecular Hbond substituents is 1. The van der Waals surface area contributed by atoms with Gasteiger partial charge in [0, 0.05) is 12.7 Å². The summed E-state index contributed by atoms with van der Waals surface area (Å²) in [4.78, 5) is 3.98. The zero-order chi connectivity index (χ0) is 12.8. The lowest BCUT2D eigenvalue weighted by molar-refractivity contribution is 0.475. The summed E-state index contributed by atoms with van der Waals surface area (Å²) in [5, 5.41) is 21.3. The van der Waals surface area contributed by atoms with Crippen molar-refractivity contribution in [1.29, 1.82) is 5.26 Å². The maximum Gasteiger partial charge on any atom is 0.115 e. The fourth-order valence-electron chi connectivity index (χ4n) is 1.64. The minimum Gasteiger partial charge on any atom is -0.508 e. The molecule has 1 aromatic carbocycles. The molecule has 18 heavy (non-hydrogen) atoms. The number of hydrogen-bond donors (Lipinski definition) is 2. The van der Waals surface area contributed by atoms with E-state index in [2.05, 4.69) is 16.4 Å². The van der Waals surface area contributed by atoms with E-state index in [1.807, 2.05) is 12.1 Å². The van der Waals surface area contributed by atoms with Gasteiger partial charge in [-0.15, -0.1) is 0 Å². The molecule has 0 aliphatic carbocycles. The van der Waals surface area contributed by atoms with Gasteiger partial charge in [-0.05, 0) is 30.2 Å². The van der Waals surface area contributed by atoms with Gasteiger partial charge in [-0.2, -0.15) is 5.26 Å². The molecule has 0 fully saturated rings. The number of rotatable bonds is 4. The number of anilines is 1. The van der Waals surface area contributed by atoms with Crippen LogP contribution in [0.5, 0.6) is 5.75 Å². The minimum atomic E-state index is 0.269. The van der Waals surface area contributed by atoms with Crippen LogP contribution in [-0.4, -0.2) is 16.6 Å². The molecule has 0 saturated carbocycles. The van der Waals surface area contributed by atoms with Crippen molar-refractivity contribution in [2.24, 2.45) is 0 Å². The maximum atomic E-state index is 9.17. The molecule has 4 nitrogen and oxygen atoms in total. The van der Waals surface area contributed by atoms with E-state index >= 15 is 0 Å². The van der Waals surface area contributed by atoms with Gasteiger partial charge in [0.15, 0.2) is 0 Å². The second kappa shape index (κ2) is 5.69. The molecular weight excluding hydrogens is 226 g/mol. The van der Waals surface area contributed by atoms with E-state index in [-0.39, 0.29) is 5.75 Å². The lowest BCUT2D eigenvalue weighted by atomic mass is 10.1. The third kappa shape index (κ3) is 2.98. The first kappa shape index (κ1) is 11.9. The molecule has 2 aromatic rings. The van der Waals surface area contributed by atoms with Crippen LogP contribution in [0.15, 0.2) is 42.7 Å². The Labute approximate surface area is 106 Å². The molecule has 0 aliphatic rings. The molecule has 0 radical (unpaired) electrons. The average molecular weight is 239 g/mol. The fraction of sp³-hybridized carbons (Fsp3) is 0.143. The molecule has 1 heterocycles. The summed E-state index contributed by atoms with van der Waals surface area (Å²) >= 11 is 0. The van der Waals surface area contributed by atoms with E-state index in [1.165, 1.54) is 0 Å². The zero-order valence-electron chi connectivity index (χ0n) is 9.80. The second-order valence-corrected chi connectivity index (χ2v) is 3.88. The van der Waals surface area contributed by atoms with Crippen LogP contribution in [0.2, 0.25) is 0 Å². The zero-order valence-corrected chi connectivity index (χ0v) is 9.80. The van der Waals surface area contributed by atoms with Crippen molar-refractivity contribution in [1.82, 2.24) is 4.98 Å². The van der Waals surface area contributed by atoms with Crippen LogP contribution >= 0.6 is 0 Å². The standard InChI is InChI=1S/C14H13N3O/c15-9-12-6-7-16-10-14(12)17-8-5-11-1-3-13(18)4-2-11/h1-4,6-7,10,17-18H,5,8H2. The van der Waals surface area contributed by atoms with Gasteiger partial charge in [0.05, 0.1) is 17.4 Å². The quantitative estimate of drug-likeness (QED) is 0.859. The molecule has 4 heteroatoms. The summed E-state index contributed by atoms with van der Waals surface area (Å²) in [5.41, 5.74) is 2.47. The maximum absolute atomic E-state index is 9.17. The number of aromatic nitrogens is 1. The largest absolute Gasteiger partial charge is 0.508 e. The summed E-state index contributed by atoms with van der Waals surface area (Å²) in [6.45, 7) is 0.713. The molecule has 0 saturated heterocycles. The number of benzene rings is 1. The molecule has 2 rings (SSSR count). The average Bonchev–Trinajstić information content (AvgIpc) is 2.41. The van der Waals surface area contributed by atoms with Crippen molar-refractivity contribution in [3.8, 4) is 11.8 Å². The highest BCUT2D eigenvalue weighted by Gasteiger charge is 2.00. The van der Waals surface area contributed by atoms with Crippen LogP contribution in [-0.2, 0) is 6.42 Å². The lowest BCUT2D eigenvalue weighted by Gasteiger charge is -2.07. The highest BCUT2D eigenvalue weighted by atomic mass is 16.3. The van der Waals surface area contributed by atoms with Crippen LogP contribution in [0, 0.1) is 11.3 Å². The monoisotopic (exact) mass is 239 g/mol. The first-order valence-corrected chi connectivity index (χ1v) is 5.65. The van der Waals surface area contributed by atoms with E-state index in [4.69, 9.17) is 10.4 Å². The van der Waals surface area contributed by atoms with Gasteiger partial charge in [-0.1, -0.05) is 12.1 Å². The normalized spacial score (nSPS) is 9.72. The SMILES string of the molecule is N#Cc1ccncc1NCCc1ccc(O)cc1. The van der Waals surface area contributed by atoms with Crippen LogP contribution in [0.25, 0.3) is 0 Å². The highest BCUT2D eigenvalue weighted by molar-refractivity contribution is 5.55. The van der Waals surface area contributed by atoms with Gasteiger partial charge >= 0.3 is 0 Å². The number of nitrogens with zero attached hydrogens (tertiary/aromatic N) is 2. The predicted molar refractivity (Wildman–Crippen MR) is 69.3 cm³/mol. The van der Waals surface area contributed by atoms with Gasteiger partial charge in [-0.3, -0.25) is 4.98 Å².